The lowest BCUT2D eigenvalue weighted by atomic mass is 10.2. The van der Waals surface area contributed by atoms with Gasteiger partial charge in [0, 0.05) is 23.5 Å². The third-order valence-corrected chi connectivity index (χ3v) is 4.85. The Kier molecular flexibility index (Phi) is 9.07. The van der Waals surface area contributed by atoms with Gasteiger partial charge in [-0.1, -0.05) is 30.3 Å². The minimum atomic E-state index is -0.865. The fraction of sp³-hybridized carbons (Fsp3) is 0.192. The van der Waals surface area contributed by atoms with E-state index in [0.717, 1.165) is 16.8 Å². The Balaban J connectivity index is 1.42. The summed E-state index contributed by atoms with van der Waals surface area (Å²) in [6, 6.07) is 20.8. The van der Waals surface area contributed by atoms with Crippen molar-refractivity contribution in [3.63, 3.8) is 0 Å². The van der Waals surface area contributed by atoms with Gasteiger partial charge in [-0.3, -0.25) is 10.1 Å². The van der Waals surface area contributed by atoms with Crippen molar-refractivity contribution in [1.82, 2.24) is 0 Å². The second kappa shape index (κ2) is 12.6. The number of carbonyl (C=O) groups is 3. The standard InChI is InChI=1S/C26H27N3O6/c1-18-6-2-3-9-23(18)29-25(32)27-20-11-13-21(14-12-20)28-26(33)35-17-19-7-4-8-22(16-19)34-15-5-10-24(30)31/h2-4,6-9,11-14,16H,5,10,15,17H2,1H3,(H,28,33)(H,30,31)(H2,27,29,32). The maximum atomic E-state index is 12.2. The summed E-state index contributed by atoms with van der Waals surface area (Å²) in [7, 11) is 0. The monoisotopic (exact) mass is 477 g/mol. The molecule has 0 fully saturated rings. The summed E-state index contributed by atoms with van der Waals surface area (Å²) in [5.41, 5.74) is 3.48. The molecule has 0 bridgehead atoms. The number of nitrogens with one attached hydrogen (secondary N) is 3. The minimum absolute atomic E-state index is 0.0386. The fourth-order valence-corrected chi connectivity index (χ4v) is 3.08. The van der Waals surface area contributed by atoms with Crippen LogP contribution >= 0.6 is 0 Å². The Hall–Kier alpha value is -4.53. The molecule has 3 rings (SSSR count). The molecule has 9 heteroatoms. The van der Waals surface area contributed by atoms with Crippen molar-refractivity contribution in [2.24, 2.45) is 0 Å². The van der Waals surface area contributed by atoms with Gasteiger partial charge in [-0.25, -0.2) is 9.59 Å². The molecule has 4 N–H and O–H groups in total. The molecule has 182 valence electrons. The number of para-hydroxylation sites is 1. The van der Waals surface area contributed by atoms with Crippen LogP contribution in [0, 0.1) is 6.92 Å². The van der Waals surface area contributed by atoms with E-state index in [9.17, 15) is 14.4 Å². The smallest absolute Gasteiger partial charge is 0.411 e. The van der Waals surface area contributed by atoms with Crippen LogP contribution in [0.4, 0.5) is 26.7 Å². The molecule has 0 heterocycles. The van der Waals surface area contributed by atoms with Crippen molar-refractivity contribution >= 4 is 35.2 Å². The van der Waals surface area contributed by atoms with Gasteiger partial charge >= 0.3 is 18.1 Å². The highest BCUT2D eigenvalue weighted by Gasteiger charge is 2.07. The lowest BCUT2D eigenvalue weighted by molar-refractivity contribution is -0.137. The summed E-state index contributed by atoms with van der Waals surface area (Å²) in [5, 5.41) is 16.8. The molecule has 0 saturated carbocycles. The van der Waals surface area contributed by atoms with Gasteiger partial charge in [-0.05, 0) is 66.9 Å². The number of benzene rings is 3. The molecule has 0 aromatic heterocycles. The van der Waals surface area contributed by atoms with Crippen LogP contribution in [0.3, 0.4) is 0 Å². The predicted molar refractivity (Wildman–Crippen MR) is 133 cm³/mol. The lowest BCUT2D eigenvalue weighted by Gasteiger charge is -2.11. The molecule has 3 aromatic carbocycles. The minimum Gasteiger partial charge on any atom is -0.494 e. The molecule has 0 atom stereocenters. The summed E-state index contributed by atoms with van der Waals surface area (Å²) in [5.74, 6) is -0.289. The first-order valence-electron chi connectivity index (χ1n) is 11.0. The first-order chi connectivity index (χ1) is 16.9. The molecule has 0 saturated heterocycles. The average molecular weight is 478 g/mol. The van der Waals surface area contributed by atoms with E-state index in [1.54, 1.807) is 48.5 Å². The predicted octanol–water partition coefficient (Wildman–Crippen LogP) is 5.63. The molecule has 3 amide bonds. The van der Waals surface area contributed by atoms with Crippen LogP contribution in [0.15, 0.2) is 72.8 Å². The van der Waals surface area contributed by atoms with E-state index in [2.05, 4.69) is 16.0 Å². The number of aliphatic carboxylic acids is 1. The van der Waals surface area contributed by atoms with E-state index < -0.39 is 12.1 Å². The van der Waals surface area contributed by atoms with Gasteiger partial charge in [0.15, 0.2) is 0 Å². The number of carboxylic acids is 1. The van der Waals surface area contributed by atoms with Gasteiger partial charge in [0.05, 0.1) is 6.61 Å². The van der Waals surface area contributed by atoms with E-state index in [4.69, 9.17) is 14.6 Å². The molecule has 0 radical (unpaired) electrons. The summed E-state index contributed by atoms with van der Waals surface area (Å²) >= 11 is 0. The number of urea groups is 1. The van der Waals surface area contributed by atoms with Crippen LogP contribution in [-0.4, -0.2) is 29.8 Å². The molecule has 0 spiro atoms. The summed E-state index contributed by atoms with van der Waals surface area (Å²) in [6.45, 7) is 2.23. The number of carboxylic acid groups (broad SMARTS) is 1. The second-order valence-electron chi connectivity index (χ2n) is 7.67. The van der Waals surface area contributed by atoms with Crippen molar-refractivity contribution in [1.29, 1.82) is 0 Å². The fourth-order valence-electron chi connectivity index (χ4n) is 3.08. The van der Waals surface area contributed by atoms with Gasteiger partial charge in [0.1, 0.15) is 12.4 Å². The zero-order valence-electron chi connectivity index (χ0n) is 19.2. The van der Waals surface area contributed by atoms with Gasteiger partial charge < -0.3 is 25.2 Å². The zero-order chi connectivity index (χ0) is 25.0. The molecule has 9 nitrogen and oxygen atoms in total. The van der Waals surface area contributed by atoms with Crippen molar-refractivity contribution in [2.45, 2.75) is 26.4 Å². The maximum absolute atomic E-state index is 12.2. The molecule has 3 aromatic rings. The number of rotatable bonds is 10. The van der Waals surface area contributed by atoms with E-state index in [-0.39, 0.29) is 25.7 Å². The van der Waals surface area contributed by atoms with Crippen molar-refractivity contribution in [3.05, 3.63) is 83.9 Å². The number of anilines is 3. The van der Waals surface area contributed by atoms with Gasteiger partial charge in [0.2, 0.25) is 0 Å². The maximum Gasteiger partial charge on any atom is 0.411 e. The number of hydrogen-bond acceptors (Lipinski definition) is 5. The van der Waals surface area contributed by atoms with Gasteiger partial charge in [-0.15, -0.1) is 0 Å². The quantitative estimate of drug-likeness (QED) is 0.280. The molecule has 0 aliphatic heterocycles. The van der Waals surface area contributed by atoms with Gasteiger partial charge in [0.25, 0.3) is 0 Å². The lowest BCUT2D eigenvalue weighted by Crippen LogP contribution is -2.20. The van der Waals surface area contributed by atoms with E-state index >= 15 is 0 Å². The average Bonchev–Trinajstić information content (AvgIpc) is 2.83. The van der Waals surface area contributed by atoms with Crippen molar-refractivity contribution < 1.29 is 29.0 Å². The largest absolute Gasteiger partial charge is 0.494 e. The number of ether oxygens (including phenoxy) is 2. The van der Waals surface area contributed by atoms with Crippen LogP contribution < -0.4 is 20.7 Å². The first kappa shape index (κ1) is 25.1. The molecule has 0 aliphatic carbocycles. The SMILES string of the molecule is Cc1ccccc1NC(=O)Nc1ccc(NC(=O)OCc2cccc(OCCCC(=O)O)c2)cc1. The highest BCUT2D eigenvalue weighted by Crippen LogP contribution is 2.18. The summed E-state index contributed by atoms with van der Waals surface area (Å²) in [4.78, 5) is 34.9. The second-order valence-corrected chi connectivity index (χ2v) is 7.67. The van der Waals surface area contributed by atoms with Gasteiger partial charge in [-0.2, -0.15) is 0 Å². The number of carbonyl (C=O) groups excluding carboxylic acids is 2. The van der Waals surface area contributed by atoms with Crippen LogP contribution in [0.25, 0.3) is 0 Å². The number of hydrogen-bond donors (Lipinski definition) is 4. The van der Waals surface area contributed by atoms with Crippen molar-refractivity contribution in [3.8, 4) is 5.75 Å². The topological polar surface area (TPSA) is 126 Å². The van der Waals surface area contributed by atoms with E-state index in [0.29, 0.717) is 23.5 Å². The molecule has 0 unspecified atom stereocenters. The highest BCUT2D eigenvalue weighted by molar-refractivity contribution is 6.00. The Labute approximate surface area is 203 Å². The summed E-state index contributed by atoms with van der Waals surface area (Å²) < 4.78 is 10.8. The molecule has 35 heavy (non-hydrogen) atoms. The Morgan fingerprint density at radius 1 is 0.857 bits per heavy atom. The first-order valence-corrected chi connectivity index (χ1v) is 11.0. The molecule has 0 aliphatic rings. The number of aryl methyl sites for hydroxylation is 1. The third-order valence-electron chi connectivity index (χ3n) is 4.85. The Bertz CT molecular complexity index is 1160. The third kappa shape index (κ3) is 8.73. The Morgan fingerprint density at radius 2 is 1.57 bits per heavy atom. The zero-order valence-corrected chi connectivity index (χ0v) is 19.2. The van der Waals surface area contributed by atoms with Crippen LogP contribution in [-0.2, 0) is 16.1 Å². The van der Waals surface area contributed by atoms with Crippen LogP contribution in [0.5, 0.6) is 5.75 Å². The number of amides is 3. The summed E-state index contributed by atoms with van der Waals surface area (Å²) in [6.07, 6.45) is -0.180. The van der Waals surface area contributed by atoms with Crippen LogP contribution in [0.1, 0.15) is 24.0 Å². The normalized spacial score (nSPS) is 10.2. The Morgan fingerprint density at radius 3 is 2.29 bits per heavy atom. The highest BCUT2D eigenvalue weighted by atomic mass is 16.5. The van der Waals surface area contributed by atoms with E-state index in [1.807, 2.05) is 31.2 Å². The van der Waals surface area contributed by atoms with E-state index in [1.165, 1.54) is 0 Å². The van der Waals surface area contributed by atoms with Crippen molar-refractivity contribution in [2.75, 3.05) is 22.6 Å². The molecular weight excluding hydrogens is 450 g/mol. The molecular formula is C26H27N3O6. The van der Waals surface area contributed by atoms with Crippen LogP contribution in [0.2, 0.25) is 0 Å².